The molecule has 1 saturated carbocycles. The molecule has 1 unspecified atom stereocenters. The Morgan fingerprint density at radius 3 is 2.62 bits per heavy atom. The van der Waals surface area contributed by atoms with Gasteiger partial charge in [0.1, 0.15) is 5.60 Å². The third-order valence-electron chi connectivity index (χ3n) is 5.59. The van der Waals surface area contributed by atoms with Crippen molar-refractivity contribution in [3.05, 3.63) is 24.3 Å². The van der Waals surface area contributed by atoms with Crippen molar-refractivity contribution in [3.63, 3.8) is 0 Å². The second-order valence-corrected chi connectivity index (χ2v) is 7.93. The average molecular weight is 407 g/mol. The molecule has 0 saturated heterocycles. The number of ether oxygens (including phenoxy) is 1. The van der Waals surface area contributed by atoms with Crippen molar-refractivity contribution >= 4 is 5.97 Å². The van der Waals surface area contributed by atoms with Crippen molar-refractivity contribution < 1.29 is 24.9 Å². The molecule has 0 aromatic heterocycles. The summed E-state index contributed by atoms with van der Waals surface area (Å²) < 4.78 is 4.62. The van der Waals surface area contributed by atoms with E-state index >= 15 is 0 Å². The lowest BCUT2D eigenvalue weighted by Crippen LogP contribution is -2.26. The van der Waals surface area contributed by atoms with Crippen LogP contribution in [0.2, 0.25) is 0 Å². The molecular weight excluding hydrogens is 368 g/mol. The Kier molecular flexibility index (Phi) is 11.9. The molecule has 0 aliphatic heterocycles. The predicted octanol–water partition coefficient (Wildman–Crippen LogP) is 3.52. The van der Waals surface area contributed by atoms with E-state index in [0.29, 0.717) is 32.1 Å². The first-order valence-corrected chi connectivity index (χ1v) is 10.8. The van der Waals surface area contributed by atoms with Crippen molar-refractivity contribution in [1.29, 1.82) is 0 Å². The highest BCUT2D eigenvalue weighted by molar-refractivity contribution is 5.69. The number of methoxy groups -OCH3 is 1. The van der Waals surface area contributed by atoms with Crippen LogP contribution in [-0.4, -0.2) is 46.2 Å². The standard InChI is InChI=1S/C24H38O5/c1-4-6-16-24(28,15-5-2)17-11-13-20-19(21(25)18-22(20)26)12-9-7-8-10-14-23(27)29-3/h7,9,11,13,19-22,25-26,28H,4,6,8,10,12,14,16-18H2,1-3H3/b9-7-,13-11+/t19-,20-,21-,22-,24?/m1/s1. The highest BCUT2D eigenvalue weighted by Gasteiger charge is 2.39. The molecule has 3 N–H and O–H groups in total. The van der Waals surface area contributed by atoms with Crippen molar-refractivity contribution in [3.8, 4) is 11.8 Å². The van der Waals surface area contributed by atoms with Crippen molar-refractivity contribution in [2.24, 2.45) is 11.8 Å². The maximum absolute atomic E-state index is 11.1. The van der Waals surface area contributed by atoms with Gasteiger partial charge < -0.3 is 20.1 Å². The number of unbranched alkanes of at least 4 members (excludes halogenated alkanes) is 2. The monoisotopic (exact) mass is 406 g/mol. The summed E-state index contributed by atoms with van der Waals surface area (Å²) in [4.78, 5) is 11.1. The average Bonchev–Trinajstić information content (AvgIpc) is 2.95. The van der Waals surface area contributed by atoms with Gasteiger partial charge >= 0.3 is 5.97 Å². The SMILES string of the molecule is CC#CC(O)(C/C=C/[C@@H]1[C@@H](C/C=C\CCCC(=O)OC)[C@H](O)C[C@H]1O)CCCC. The fraction of sp³-hybridized carbons (Fsp3) is 0.708. The summed E-state index contributed by atoms with van der Waals surface area (Å²) in [5.74, 6) is 5.32. The Hall–Kier alpha value is -1.61. The van der Waals surface area contributed by atoms with Gasteiger partial charge in [-0.15, -0.1) is 5.92 Å². The summed E-state index contributed by atoms with van der Waals surface area (Å²) in [6.45, 7) is 3.81. The van der Waals surface area contributed by atoms with Crippen LogP contribution in [0.15, 0.2) is 24.3 Å². The summed E-state index contributed by atoms with van der Waals surface area (Å²) in [6.07, 6.45) is 12.6. The van der Waals surface area contributed by atoms with Gasteiger partial charge in [-0.05, 0) is 44.9 Å². The van der Waals surface area contributed by atoms with E-state index in [2.05, 4.69) is 23.5 Å². The second kappa shape index (κ2) is 13.6. The molecule has 1 rings (SSSR count). The number of hydrogen-bond acceptors (Lipinski definition) is 5. The van der Waals surface area contributed by atoms with Crippen LogP contribution in [0.1, 0.15) is 71.6 Å². The molecule has 5 atom stereocenters. The minimum atomic E-state index is -1.03. The number of aliphatic hydroxyl groups is 3. The molecule has 0 amide bonds. The maximum atomic E-state index is 11.1. The van der Waals surface area contributed by atoms with Gasteiger partial charge in [0.25, 0.3) is 0 Å². The Labute approximate surface area is 175 Å². The van der Waals surface area contributed by atoms with E-state index < -0.39 is 17.8 Å². The first-order chi connectivity index (χ1) is 13.9. The molecule has 5 heteroatoms. The number of rotatable bonds is 12. The van der Waals surface area contributed by atoms with Crippen LogP contribution in [0, 0.1) is 23.7 Å². The van der Waals surface area contributed by atoms with Gasteiger partial charge in [0.05, 0.1) is 19.3 Å². The highest BCUT2D eigenvalue weighted by Crippen LogP contribution is 2.36. The van der Waals surface area contributed by atoms with E-state index in [1.165, 1.54) is 7.11 Å². The van der Waals surface area contributed by atoms with Gasteiger partial charge in [-0.25, -0.2) is 0 Å². The van der Waals surface area contributed by atoms with Crippen LogP contribution in [-0.2, 0) is 9.53 Å². The minimum Gasteiger partial charge on any atom is -0.469 e. The van der Waals surface area contributed by atoms with E-state index in [-0.39, 0.29) is 17.8 Å². The highest BCUT2D eigenvalue weighted by atomic mass is 16.5. The van der Waals surface area contributed by atoms with E-state index in [0.717, 1.165) is 25.7 Å². The first kappa shape index (κ1) is 25.4. The largest absolute Gasteiger partial charge is 0.469 e. The van der Waals surface area contributed by atoms with Crippen LogP contribution in [0.3, 0.4) is 0 Å². The second-order valence-electron chi connectivity index (χ2n) is 7.93. The molecule has 0 bridgehead atoms. The van der Waals surface area contributed by atoms with E-state index in [9.17, 15) is 20.1 Å². The Morgan fingerprint density at radius 1 is 1.21 bits per heavy atom. The maximum Gasteiger partial charge on any atom is 0.305 e. The number of aliphatic hydroxyl groups excluding tert-OH is 2. The third-order valence-corrected chi connectivity index (χ3v) is 5.59. The van der Waals surface area contributed by atoms with Crippen LogP contribution in [0.25, 0.3) is 0 Å². The number of carbonyl (C=O) groups is 1. The van der Waals surface area contributed by atoms with Crippen LogP contribution in [0.4, 0.5) is 0 Å². The zero-order valence-electron chi connectivity index (χ0n) is 18.1. The summed E-state index contributed by atoms with van der Waals surface area (Å²) in [5.41, 5.74) is -1.03. The number of esters is 1. The molecule has 0 heterocycles. The van der Waals surface area contributed by atoms with Gasteiger partial charge in [-0.3, -0.25) is 4.79 Å². The third kappa shape index (κ3) is 9.16. The van der Waals surface area contributed by atoms with Crippen LogP contribution in [0.5, 0.6) is 0 Å². The lowest BCUT2D eigenvalue weighted by Gasteiger charge is -2.22. The lowest BCUT2D eigenvalue weighted by molar-refractivity contribution is -0.140. The van der Waals surface area contributed by atoms with Gasteiger partial charge in [-0.1, -0.05) is 43.6 Å². The van der Waals surface area contributed by atoms with Crippen LogP contribution >= 0.6 is 0 Å². The van der Waals surface area contributed by atoms with Crippen LogP contribution < -0.4 is 0 Å². The van der Waals surface area contributed by atoms with Gasteiger partial charge in [0.2, 0.25) is 0 Å². The predicted molar refractivity (Wildman–Crippen MR) is 115 cm³/mol. The molecule has 0 aromatic rings. The molecule has 29 heavy (non-hydrogen) atoms. The summed E-state index contributed by atoms with van der Waals surface area (Å²) in [5, 5.41) is 31.4. The summed E-state index contributed by atoms with van der Waals surface area (Å²) in [6, 6.07) is 0. The molecule has 5 nitrogen and oxygen atoms in total. The van der Waals surface area contributed by atoms with Crippen molar-refractivity contribution in [1.82, 2.24) is 0 Å². The minimum absolute atomic E-state index is 0.0564. The Morgan fingerprint density at radius 2 is 1.97 bits per heavy atom. The van der Waals surface area contributed by atoms with Gasteiger partial charge in [0, 0.05) is 25.2 Å². The zero-order valence-corrected chi connectivity index (χ0v) is 18.1. The molecule has 0 spiro atoms. The normalized spacial score (nSPS) is 26.4. The Balaban J connectivity index is 2.61. The molecular formula is C24H38O5. The molecule has 1 aliphatic carbocycles. The van der Waals surface area contributed by atoms with Gasteiger partial charge in [0.15, 0.2) is 0 Å². The Bertz CT molecular complexity index is 600. The number of hydrogen-bond donors (Lipinski definition) is 3. The van der Waals surface area contributed by atoms with Crippen molar-refractivity contribution in [2.45, 2.75) is 89.4 Å². The molecule has 1 aliphatic rings. The number of carbonyl (C=O) groups excluding carboxylic acids is 1. The smallest absolute Gasteiger partial charge is 0.305 e. The van der Waals surface area contributed by atoms with E-state index in [1.54, 1.807) is 6.92 Å². The quantitative estimate of drug-likeness (QED) is 0.200. The topological polar surface area (TPSA) is 87.0 Å². The molecule has 164 valence electrons. The fourth-order valence-electron chi connectivity index (χ4n) is 3.88. The zero-order chi connectivity index (χ0) is 21.7. The molecule has 0 radical (unpaired) electrons. The summed E-state index contributed by atoms with van der Waals surface area (Å²) >= 11 is 0. The number of allylic oxidation sites excluding steroid dienone is 2. The van der Waals surface area contributed by atoms with E-state index in [1.807, 2.05) is 24.3 Å². The fourth-order valence-corrected chi connectivity index (χ4v) is 3.88. The molecule has 0 aromatic carbocycles. The van der Waals surface area contributed by atoms with Crippen molar-refractivity contribution in [2.75, 3.05) is 7.11 Å². The molecule has 1 fully saturated rings. The van der Waals surface area contributed by atoms with Gasteiger partial charge in [-0.2, -0.15) is 0 Å². The first-order valence-electron chi connectivity index (χ1n) is 10.8. The summed E-state index contributed by atoms with van der Waals surface area (Å²) in [7, 11) is 1.39. The lowest BCUT2D eigenvalue weighted by atomic mass is 9.88. The van der Waals surface area contributed by atoms with E-state index in [4.69, 9.17) is 0 Å².